The van der Waals surface area contributed by atoms with Crippen molar-refractivity contribution in [3.8, 4) is 5.75 Å². The Morgan fingerprint density at radius 2 is 2.12 bits per heavy atom. The fourth-order valence-corrected chi connectivity index (χ4v) is 1.53. The van der Waals surface area contributed by atoms with Crippen LogP contribution in [-0.2, 0) is 0 Å². The standard InChI is InChI=1S/C13H19NO3/c1-10(16)12-6-5-11(9-13(12)14)17-8-4-2-3-7-15/h5-6,9,15H,2-4,7-8,14H2,1H3. The van der Waals surface area contributed by atoms with Crippen molar-refractivity contribution in [3.05, 3.63) is 23.8 Å². The maximum Gasteiger partial charge on any atom is 0.161 e. The molecular formula is C13H19NO3. The van der Waals surface area contributed by atoms with Crippen LogP contribution in [0.15, 0.2) is 18.2 Å². The number of carbonyl (C=O) groups is 1. The SMILES string of the molecule is CC(=O)c1ccc(OCCCCCO)cc1N. The second-order valence-corrected chi connectivity index (χ2v) is 3.94. The van der Waals surface area contributed by atoms with Gasteiger partial charge < -0.3 is 15.6 Å². The smallest absolute Gasteiger partial charge is 0.161 e. The summed E-state index contributed by atoms with van der Waals surface area (Å²) in [4.78, 5) is 11.2. The van der Waals surface area contributed by atoms with E-state index in [2.05, 4.69) is 0 Å². The fraction of sp³-hybridized carbons (Fsp3) is 0.462. The molecule has 1 rings (SSSR count). The highest BCUT2D eigenvalue weighted by atomic mass is 16.5. The van der Waals surface area contributed by atoms with Crippen molar-refractivity contribution in [1.82, 2.24) is 0 Å². The lowest BCUT2D eigenvalue weighted by molar-refractivity contribution is 0.101. The van der Waals surface area contributed by atoms with Crippen LogP contribution < -0.4 is 10.5 Å². The molecule has 0 aliphatic carbocycles. The van der Waals surface area contributed by atoms with Crippen LogP contribution in [0.4, 0.5) is 5.69 Å². The number of aliphatic hydroxyl groups is 1. The number of nitrogen functional groups attached to an aromatic ring is 1. The van der Waals surface area contributed by atoms with Gasteiger partial charge in [0, 0.05) is 23.9 Å². The number of ketones is 1. The molecule has 1 aromatic rings. The zero-order chi connectivity index (χ0) is 12.7. The Balaban J connectivity index is 2.45. The van der Waals surface area contributed by atoms with Gasteiger partial charge in [-0.3, -0.25) is 4.79 Å². The van der Waals surface area contributed by atoms with E-state index in [0.29, 0.717) is 23.6 Å². The van der Waals surface area contributed by atoms with E-state index >= 15 is 0 Å². The minimum atomic E-state index is -0.0444. The van der Waals surface area contributed by atoms with Gasteiger partial charge in [-0.15, -0.1) is 0 Å². The van der Waals surface area contributed by atoms with E-state index in [1.165, 1.54) is 6.92 Å². The minimum absolute atomic E-state index is 0.0444. The van der Waals surface area contributed by atoms with Crippen LogP contribution in [0.5, 0.6) is 5.75 Å². The molecule has 0 fully saturated rings. The van der Waals surface area contributed by atoms with Crippen LogP contribution in [-0.4, -0.2) is 24.1 Å². The predicted molar refractivity (Wildman–Crippen MR) is 67.3 cm³/mol. The fourth-order valence-electron chi connectivity index (χ4n) is 1.53. The number of carbonyl (C=O) groups excluding carboxylic acids is 1. The Morgan fingerprint density at radius 1 is 1.35 bits per heavy atom. The van der Waals surface area contributed by atoms with Gasteiger partial charge in [0.2, 0.25) is 0 Å². The highest BCUT2D eigenvalue weighted by Crippen LogP contribution is 2.20. The van der Waals surface area contributed by atoms with Gasteiger partial charge in [-0.1, -0.05) is 0 Å². The molecule has 0 atom stereocenters. The summed E-state index contributed by atoms with van der Waals surface area (Å²) in [6.45, 7) is 2.31. The lowest BCUT2D eigenvalue weighted by Crippen LogP contribution is -2.02. The van der Waals surface area contributed by atoms with Gasteiger partial charge >= 0.3 is 0 Å². The molecule has 0 aliphatic rings. The first-order valence-electron chi connectivity index (χ1n) is 5.79. The average Bonchev–Trinajstić information content (AvgIpc) is 2.28. The zero-order valence-corrected chi connectivity index (χ0v) is 10.1. The third-order valence-corrected chi connectivity index (χ3v) is 2.47. The number of rotatable bonds is 7. The molecule has 0 heterocycles. The first kappa shape index (κ1) is 13.5. The zero-order valence-electron chi connectivity index (χ0n) is 10.1. The maximum atomic E-state index is 11.2. The summed E-state index contributed by atoms with van der Waals surface area (Å²) in [7, 11) is 0. The van der Waals surface area contributed by atoms with E-state index < -0.39 is 0 Å². The summed E-state index contributed by atoms with van der Waals surface area (Å²) >= 11 is 0. The molecule has 3 N–H and O–H groups in total. The largest absolute Gasteiger partial charge is 0.494 e. The number of anilines is 1. The average molecular weight is 237 g/mol. The number of unbranched alkanes of at least 4 members (excludes halogenated alkanes) is 2. The monoisotopic (exact) mass is 237 g/mol. The van der Waals surface area contributed by atoms with Crippen molar-refractivity contribution in [3.63, 3.8) is 0 Å². The van der Waals surface area contributed by atoms with Crippen molar-refractivity contribution in [2.75, 3.05) is 18.9 Å². The predicted octanol–water partition coefficient (Wildman–Crippen LogP) is 2.01. The molecule has 4 heteroatoms. The minimum Gasteiger partial charge on any atom is -0.494 e. The molecule has 94 valence electrons. The number of aliphatic hydroxyl groups excluding tert-OH is 1. The highest BCUT2D eigenvalue weighted by Gasteiger charge is 2.05. The van der Waals surface area contributed by atoms with Gasteiger partial charge in [-0.25, -0.2) is 0 Å². The third-order valence-electron chi connectivity index (χ3n) is 2.47. The molecule has 0 unspecified atom stereocenters. The van der Waals surface area contributed by atoms with Crippen LogP contribution in [0.25, 0.3) is 0 Å². The maximum absolute atomic E-state index is 11.2. The summed E-state index contributed by atoms with van der Waals surface area (Å²) in [5, 5.41) is 8.61. The topological polar surface area (TPSA) is 72.5 Å². The number of Topliss-reactive ketones (excluding diaryl/α,β-unsaturated/α-hetero) is 1. The van der Waals surface area contributed by atoms with Crippen LogP contribution in [0.1, 0.15) is 36.5 Å². The molecule has 0 radical (unpaired) electrons. The Hall–Kier alpha value is -1.55. The van der Waals surface area contributed by atoms with Gasteiger partial charge in [0.15, 0.2) is 5.78 Å². The second-order valence-electron chi connectivity index (χ2n) is 3.94. The lowest BCUT2D eigenvalue weighted by Gasteiger charge is -2.08. The van der Waals surface area contributed by atoms with E-state index in [1.807, 2.05) is 0 Å². The molecule has 0 bridgehead atoms. The molecule has 0 saturated carbocycles. The quantitative estimate of drug-likeness (QED) is 0.432. The molecule has 1 aromatic carbocycles. The van der Waals surface area contributed by atoms with Crippen molar-refractivity contribution in [2.45, 2.75) is 26.2 Å². The van der Waals surface area contributed by atoms with Crippen molar-refractivity contribution in [1.29, 1.82) is 0 Å². The Morgan fingerprint density at radius 3 is 2.71 bits per heavy atom. The number of hydrogen-bond donors (Lipinski definition) is 2. The number of ether oxygens (including phenoxy) is 1. The van der Waals surface area contributed by atoms with E-state index in [9.17, 15) is 4.79 Å². The first-order chi connectivity index (χ1) is 8.15. The van der Waals surface area contributed by atoms with Crippen molar-refractivity contribution in [2.24, 2.45) is 0 Å². The molecule has 0 spiro atoms. The molecule has 0 aliphatic heterocycles. The van der Waals surface area contributed by atoms with Crippen LogP contribution >= 0.6 is 0 Å². The van der Waals surface area contributed by atoms with Crippen LogP contribution in [0.2, 0.25) is 0 Å². The molecule has 0 amide bonds. The van der Waals surface area contributed by atoms with Crippen molar-refractivity contribution < 1.29 is 14.6 Å². The van der Waals surface area contributed by atoms with Gasteiger partial charge in [0.05, 0.1) is 6.61 Å². The Labute approximate surface area is 101 Å². The van der Waals surface area contributed by atoms with E-state index in [1.54, 1.807) is 18.2 Å². The Bertz CT molecular complexity index is 377. The number of nitrogens with two attached hydrogens (primary N) is 1. The van der Waals surface area contributed by atoms with Gasteiger partial charge in [0.25, 0.3) is 0 Å². The summed E-state index contributed by atoms with van der Waals surface area (Å²) < 4.78 is 5.50. The lowest BCUT2D eigenvalue weighted by atomic mass is 10.1. The third kappa shape index (κ3) is 4.44. The Kier molecular flexibility index (Phi) is 5.49. The normalized spacial score (nSPS) is 10.2. The second kappa shape index (κ2) is 6.91. The summed E-state index contributed by atoms with van der Waals surface area (Å²) in [6, 6.07) is 5.10. The summed E-state index contributed by atoms with van der Waals surface area (Å²) in [5.74, 6) is 0.633. The van der Waals surface area contributed by atoms with E-state index in [0.717, 1.165) is 19.3 Å². The molecule has 4 nitrogen and oxygen atoms in total. The van der Waals surface area contributed by atoms with Crippen LogP contribution in [0.3, 0.4) is 0 Å². The van der Waals surface area contributed by atoms with Crippen molar-refractivity contribution >= 4 is 11.5 Å². The number of hydrogen-bond acceptors (Lipinski definition) is 4. The molecule has 0 saturated heterocycles. The molecular weight excluding hydrogens is 218 g/mol. The molecule has 17 heavy (non-hydrogen) atoms. The highest BCUT2D eigenvalue weighted by molar-refractivity contribution is 5.99. The summed E-state index contributed by atoms with van der Waals surface area (Å²) in [6.07, 6.45) is 2.64. The summed E-state index contributed by atoms with van der Waals surface area (Å²) in [5.41, 5.74) is 6.72. The number of benzene rings is 1. The van der Waals surface area contributed by atoms with E-state index in [4.69, 9.17) is 15.6 Å². The van der Waals surface area contributed by atoms with Crippen LogP contribution in [0, 0.1) is 0 Å². The van der Waals surface area contributed by atoms with Gasteiger partial charge in [-0.05, 0) is 38.3 Å². The van der Waals surface area contributed by atoms with Gasteiger partial charge in [-0.2, -0.15) is 0 Å². The van der Waals surface area contributed by atoms with Gasteiger partial charge in [0.1, 0.15) is 5.75 Å². The van der Waals surface area contributed by atoms with E-state index in [-0.39, 0.29) is 12.4 Å². The molecule has 0 aromatic heterocycles. The first-order valence-corrected chi connectivity index (χ1v) is 5.79.